The van der Waals surface area contributed by atoms with Crippen molar-refractivity contribution >= 4 is 29.2 Å². The van der Waals surface area contributed by atoms with E-state index in [1.165, 1.54) is 11.0 Å². The highest BCUT2D eigenvalue weighted by molar-refractivity contribution is 6.31. The summed E-state index contributed by atoms with van der Waals surface area (Å²) >= 11 is 5.52. The molecule has 1 aliphatic rings. The third-order valence-corrected chi connectivity index (χ3v) is 3.82. The number of rotatable bonds is 2. The Morgan fingerprint density at radius 2 is 2.09 bits per heavy atom. The van der Waals surface area contributed by atoms with Crippen molar-refractivity contribution in [2.45, 2.75) is 25.1 Å². The highest BCUT2D eigenvalue weighted by Gasteiger charge is 2.33. The van der Waals surface area contributed by atoms with Crippen LogP contribution in [0.1, 0.15) is 18.4 Å². The van der Waals surface area contributed by atoms with E-state index in [9.17, 15) is 22.8 Å². The van der Waals surface area contributed by atoms with Crippen LogP contribution in [0.3, 0.4) is 0 Å². The van der Waals surface area contributed by atoms with E-state index in [1.54, 1.807) is 7.05 Å². The van der Waals surface area contributed by atoms with Crippen LogP contribution < -0.4 is 10.6 Å². The van der Waals surface area contributed by atoms with Crippen LogP contribution in [-0.2, 0) is 11.0 Å². The van der Waals surface area contributed by atoms with Crippen LogP contribution in [0.2, 0.25) is 5.02 Å². The number of nitrogens with zero attached hydrogens (tertiary/aromatic N) is 1. The van der Waals surface area contributed by atoms with Crippen molar-refractivity contribution in [2.24, 2.45) is 0 Å². The minimum Gasteiger partial charge on any atom is -0.344 e. The third kappa shape index (κ3) is 4.51. The first-order valence-corrected chi connectivity index (χ1v) is 7.23. The fraction of sp³-hybridized carbons (Fsp3) is 0.429. The number of hydrogen-bond donors (Lipinski definition) is 2. The van der Waals surface area contributed by atoms with E-state index in [0.29, 0.717) is 19.4 Å². The van der Waals surface area contributed by atoms with E-state index < -0.39 is 22.8 Å². The Morgan fingerprint density at radius 1 is 1.39 bits per heavy atom. The molecule has 2 rings (SSSR count). The molecular formula is C14H15ClF3N3O2. The molecule has 0 radical (unpaired) electrons. The first-order chi connectivity index (χ1) is 10.7. The zero-order valence-corrected chi connectivity index (χ0v) is 13.0. The number of piperidine rings is 1. The molecule has 5 nitrogen and oxygen atoms in total. The Hall–Kier alpha value is -1.96. The molecule has 1 aromatic rings. The molecule has 23 heavy (non-hydrogen) atoms. The van der Waals surface area contributed by atoms with Gasteiger partial charge in [0.15, 0.2) is 0 Å². The summed E-state index contributed by atoms with van der Waals surface area (Å²) in [5.74, 6) is -0.00372. The van der Waals surface area contributed by atoms with Gasteiger partial charge in [0.2, 0.25) is 5.91 Å². The normalized spacial score (nSPS) is 18.7. The molecule has 0 spiro atoms. The zero-order chi connectivity index (χ0) is 17.2. The molecule has 0 saturated carbocycles. The number of nitrogens with one attached hydrogen (secondary N) is 2. The first kappa shape index (κ1) is 17.4. The quantitative estimate of drug-likeness (QED) is 0.862. The number of likely N-dealkylation sites (tertiary alicyclic amines) is 1. The number of halogens is 4. The Kier molecular flexibility index (Phi) is 5.03. The summed E-state index contributed by atoms with van der Waals surface area (Å²) in [7, 11) is 1.63. The van der Waals surface area contributed by atoms with Gasteiger partial charge in [-0.2, -0.15) is 13.2 Å². The number of benzene rings is 1. The fourth-order valence-corrected chi connectivity index (χ4v) is 2.53. The molecule has 0 unspecified atom stereocenters. The number of carbonyl (C=O) groups is 2. The van der Waals surface area contributed by atoms with E-state index in [4.69, 9.17) is 11.6 Å². The highest BCUT2D eigenvalue weighted by Crippen LogP contribution is 2.36. The molecule has 126 valence electrons. The summed E-state index contributed by atoms with van der Waals surface area (Å²) in [4.78, 5) is 24.7. The van der Waals surface area contributed by atoms with Gasteiger partial charge in [-0.3, -0.25) is 4.79 Å². The fourth-order valence-electron chi connectivity index (χ4n) is 2.30. The largest absolute Gasteiger partial charge is 0.417 e. The van der Waals surface area contributed by atoms with Gasteiger partial charge in [0.05, 0.1) is 10.6 Å². The molecule has 1 saturated heterocycles. The number of anilines is 1. The molecule has 1 atom stereocenters. The molecule has 3 amide bonds. The van der Waals surface area contributed by atoms with Gasteiger partial charge < -0.3 is 15.5 Å². The zero-order valence-electron chi connectivity index (χ0n) is 12.2. The molecule has 1 aliphatic heterocycles. The van der Waals surface area contributed by atoms with Crippen molar-refractivity contribution in [3.05, 3.63) is 28.8 Å². The van der Waals surface area contributed by atoms with Gasteiger partial charge in [-0.1, -0.05) is 11.6 Å². The van der Waals surface area contributed by atoms with Crippen molar-refractivity contribution in [2.75, 3.05) is 18.9 Å². The molecule has 0 aliphatic carbocycles. The predicted octanol–water partition coefficient (Wildman–Crippen LogP) is 3.10. The van der Waals surface area contributed by atoms with Crippen molar-refractivity contribution in [3.63, 3.8) is 0 Å². The van der Waals surface area contributed by atoms with Gasteiger partial charge in [-0.15, -0.1) is 0 Å². The second-order valence-electron chi connectivity index (χ2n) is 5.30. The molecule has 1 heterocycles. The number of alkyl halides is 3. The maximum atomic E-state index is 12.8. The van der Waals surface area contributed by atoms with Gasteiger partial charge in [0.1, 0.15) is 0 Å². The Labute approximate surface area is 135 Å². The van der Waals surface area contributed by atoms with Crippen LogP contribution in [0.5, 0.6) is 0 Å². The average Bonchev–Trinajstić information content (AvgIpc) is 2.44. The summed E-state index contributed by atoms with van der Waals surface area (Å²) in [5.41, 5.74) is -1.03. The van der Waals surface area contributed by atoms with Crippen molar-refractivity contribution < 1.29 is 22.8 Å². The van der Waals surface area contributed by atoms with E-state index >= 15 is 0 Å². The number of hydrogen-bond acceptors (Lipinski definition) is 2. The monoisotopic (exact) mass is 349 g/mol. The maximum absolute atomic E-state index is 12.8. The lowest BCUT2D eigenvalue weighted by molar-refractivity contribution is -0.137. The van der Waals surface area contributed by atoms with Crippen molar-refractivity contribution in [1.82, 2.24) is 10.2 Å². The second-order valence-corrected chi connectivity index (χ2v) is 5.71. The lowest BCUT2D eigenvalue weighted by Crippen LogP contribution is -2.49. The van der Waals surface area contributed by atoms with E-state index in [-0.39, 0.29) is 17.6 Å². The van der Waals surface area contributed by atoms with E-state index in [1.807, 2.05) is 0 Å². The topological polar surface area (TPSA) is 61.4 Å². The van der Waals surface area contributed by atoms with Crippen molar-refractivity contribution in [3.8, 4) is 0 Å². The van der Waals surface area contributed by atoms with Crippen molar-refractivity contribution in [1.29, 1.82) is 0 Å². The van der Waals surface area contributed by atoms with Crippen LogP contribution in [0.15, 0.2) is 18.2 Å². The lowest BCUT2D eigenvalue weighted by Gasteiger charge is -2.30. The Bertz CT molecular complexity index is 622. The molecular weight excluding hydrogens is 335 g/mol. The second kappa shape index (κ2) is 6.66. The summed E-state index contributed by atoms with van der Waals surface area (Å²) < 4.78 is 38.3. The number of urea groups is 1. The highest BCUT2D eigenvalue weighted by atomic mass is 35.5. The van der Waals surface area contributed by atoms with E-state index in [0.717, 1.165) is 12.1 Å². The third-order valence-electron chi connectivity index (χ3n) is 3.49. The van der Waals surface area contributed by atoms with Gasteiger partial charge in [0.25, 0.3) is 0 Å². The SMILES string of the molecule is CN1C[C@H](NC(=O)Nc2ccc(Cl)c(C(F)(F)F)c2)CCC1=O. The molecule has 9 heteroatoms. The first-order valence-electron chi connectivity index (χ1n) is 6.85. The maximum Gasteiger partial charge on any atom is 0.417 e. The number of carbonyl (C=O) groups excluding carboxylic acids is 2. The molecule has 1 aromatic carbocycles. The Balaban J connectivity index is 1.99. The number of amides is 3. The minimum absolute atomic E-state index is 0.00372. The van der Waals surface area contributed by atoms with Gasteiger partial charge in [0, 0.05) is 31.7 Å². The average molecular weight is 350 g/mol. The standard InChI is InChI=1S/C14H15ClF3N3O2/c1-21-7-9(3-5-12(21)22)20-13(23)19-8-2-4-11(15)10(6-8)14(16,17)18/h2,4,6,9H,3,5,7H2,1H3,(H2,19,20,23)/t9-/m1/s1. The molecule has 1 fully saturated rings. The molecule has 0 aromatic heterocycles. The van der Waals surface area contributed by atoms with E-state index in [2.05, 4.69) is 10.6 Å². The minimum atomic E-state index is -4.60. The van der Waals surface area contributed by atoms with Gasteiger partial charge >= 0.3 is 12.2 Å². The van der Waals surface area contributed by atoms with Crippen LogP contribution in [-0.4, -0.2) is 36.5 Å². The Morgan fingerprint density at radius 3 is 2.70 bits per heavy atom. The predicted molar refractivity (Wildman–Crippen MR) is 79.3 cm³/mol. The van der Waals surface area contributed by atoms with Crippen LogP contribution in [0.25, 0.3) is 0 Å². The molecule has 2 N–H and O–H groups in total. The molecule has 0 bridgehead atoms. The smallest absolute Gasteiger partial charge is 0.344 e. The summed E-state index contributed by atoms with van der Waals surface area (Å²) in [6.07, 6.45) is -3.79. The summed E-state index contributed by atoms with van der Waals surface area (Å²) in [6.45, 7) is 0.362. The summed E-state index contributed by atoms with van der Waals surface area (Å²) in [6, 6.07) is 2.26. The van der Waals surface area contributed by atoms with Gasteiger partial charge in [-0.25, -0.2) is 4.79 Å². The van der Waals surface area contributed by atoms with Crippen LogP contribution in [0.4, 0.5) is 23.7 Å². The van der Waals surface area contributed by atoms with Crippen LogP contribution in [0, 0.1) is 0 Å². The number of likely N-dealkylation sites (N-methyl/N-ethyl adjacent to an activating group) is 1. The lowest BCUT2D eigenvalue weighted by atomic mass is 10.1. The van der Waals surface area contributed by atoms with Gasteiger partial charge in [-0.05, 0) is 24.6 Å². The summed E-state index contributed by atoms with van der Waals surface area (Å²) in [5, 5.41) is 4.54. The van der Waals surface area contributed by atoms with Crippen LogP contribution >= 0.6 is 11.6 Å².